The maximum atomic E-state index is 13.3. The van der Waals surface area contributed by atoms with E-state index < -0.39 is 54.1 Å². The quantitative estimate of drug-likeness (QED) is 0.664. The first-order valence-electron chi connectivity index (χ1n) is 7.84. The first kappa shape index (κ1) is 21.7. The third kappa shape index (κ3) is 5.96. The number of hydrogen-bond acceptors (Lipinski definition) is 4. The van der Waals surface area contributed by atoms with E-state index >= 15 is 0 Å². The van der Waals surface area contributed by atoms with Gasteiger partial charge in [-0.2, -0.15) is 26.3 Å². The van der Waals surface area contributed by atoms with Crippen LogP contribution < -0.4 is 10.1 Å². The smallest absolute Gasteiger partial charge is 0.434 e. The van der Waals surface area contributed by atoms with Crippen molar-refractivity contribution in [2.45, 2.75) is 50.2 Å². The summed E-state index contributed by atoms with van der Waals surface area (Å²) in [4.78, 5) is 15.4. The van der Waals surface area contributed by atoms with Crippen LogP contribution in [0, 0.1) is 0 Å². The summed E-state index contributed by atoms with van der Waals surface area (Å²) < 4.78 is 80.4. The summed E-state index contributed by atoms with van der Waals surface area (Å²) in [5.74, 6) is -2.07. The first-order chi connectivity index (χ1) is 12.4. The van der Waals surface area contributed by atoms with Crippen LogP contribution in [0.15, 0.2) is 10.5 Å². The van der Waals surface area contributed by atoms with Crippen LogP contribution in [0.2, 0.25) is 0 Å². The Morgan fingerprint density at radius 3 is 2.44 bits per heavy atom. The maximum Gasteiger partial charge on any atom is 0.434 e. The molecule has 27 heavy (non-hydrogen) atoms. The number of pyridine rings is 1. The van der Waals surface area contributed by atoms with Gasteiger partial charge in [-0.3, -0.25) is 4.79 Å². The van der Waals surface area contributed by atoms with Crippen LogP contribution in [-0.2, 0) is 6.18 Å². The lowest BCUT2D eigenvalue weighted by atomic mass is 9.92. The topological polar surface area (TPSA) is 71.5 Å². The van der Waals surface area contributed by atoms with Crippen molar-refractivity contribution < 1.29 is 41.0 Å². The molecule has 1 aliphatic rings. The van der Waals surface area contributed by atoms with Crippen molar-refractivity contribution in [2.24, 2.45) is 0 Å². The second-order valence-electron chi connectivity index (χ2n) is 6.00. The van der Waals surface area contributed by atoms with E-state index in [1.54, 1.807) is 0 Å². The van der Waals surface area contributed by atoms with Crippen molar-refractivity contribution in [3.05, 3.63) is 21.8 Å². The normalized spacial score (nSPS) is 21.0. The van der Waals surface area contributed by atoms with Crippen LogP contribution in [0.5, 0.6) is 5.88 Å². The molecule has 1 aromatic rings. The Labute approximate surface area is 158 Å². The number of carbonyl (C=O) groups excluding carboxylic acids is 1. The van der Waals surface area contributed by atoms with Crippen molar-refractivity contribution in [3.63, 3.8) is 0 Å². The van der Waals surface area contributed by atoms with Crippen molar-refractivity contribution in [1.29, 1.82) is 0 Å². The lowest BCUT2D eigenvalue weighted by molar-refractivity contribution is -0.155. The molecule has 0 radical (unpaired) electrons. The molecule has 1 aliphatic carbocycles. The Morgan fingerprint density at radius 2 is 1.89 bits per heavy atom. The zero-order valence-electron chi connectivity index (χ0n) is 13.6. The van der Waals surface area contributed by atoms with E-state index in [1.807, 2.05) is 0 Å². The van der Waals surface area contributed by atoms with Gasteiger partial charge in [0, 0.05) is 0 Å². The largest absolute Gasteiger partial charge is 0.467 e. The summed E-state index contributed by atoms with van der Waals surface area (Å²) in [5.41, 5.74) is -2.56. The number of rotatable bonds is 4. The highest BCUT2D eigenvalue weighted by atomic mass is 79.9. The van der Waals surface area contributed by atoms with Gasteiger partial charge < -0.3 is 15.2 Å². The summed E-state index contributed by atoms with van der Waals surface area (Å²) in [5, 5.41) is 12.2. The lowest BCUT2D eigenvalue weighted by Crippen LogP contribution is -2.45. The van der Waals surface area contributed by atoms with Crippen molar-refractivity contribution in [3.8, 4) is 5.88 Å². The van der Waals surface area contributed by atoms with E-state index in [4.69, 9.17) is 0 Å². The number of carbonyl (C=O) groups is 1. The lowest BCUT2D eigenvalue weighted by Gasteiger charge is -2.28. The van der Waals surface area contributed by atoms with Gasteiger partial charge in [0.1, 0.15) is 0 Å². The number of halogens is 7. The van der Waals surface area contributed by atoms with E-state index in [9.17, 15) is 36.2 Å². The fraction of sp³-hybridized carbons (Fsp3) is 0.600. The molecule has 1 aromatic heterocycles. The molecule has 0 unspecified atom stereocenters. The number of nitrogens with one attached hydrogen (secondary N) is 1. The molecule has 5 nitrogen and oxygen atoms in total. The van der Waals surface area contributed by atoms with Crippen molar-refractivity contribution in [2.75, 3.05) is 6.61 Å². The molecular formula is C15H15BrF6N2O3. The molecule has 0 saturated heterocycles. The molecule has 0 aliphatic heterocycles. The fourth-order valence-electron chi connectivity index (χ4n) is 2.64. The van der Waals surface area contributed by atoms with Crippen LogP contribution in [0.1, 0.15) is 41.7 Å². The highest BCUT2D eigenvalue weighted by Crippen LogP contribution is 2.36. The van der Waals surface area contributed by atoms with Gasteiger partial charge in [0.15, 0.2) is 12.3 Å². The molecule has 0 bridgehead atoms. The van der Waals surface area contributed by atoms with Gasteiger partial charge in [-0.1, -0.05) is 12.8 Å². The minimum absolute atomic E-state index is 0.339. The van der Waals surface area contributed by atoms with Gasteiger partial charge in [-0.15, -0.1) is 0 Å². The van der Waals surface area contributed by atoms with E-state index in [2.05, 4.69) is 31.0 Å². The van der Waals surface area contributed by atoms with Gasteiger partial charge in [-0.25, -0.2) is 4.98 Å². The molecule has 2 atom stereocenters. The van der Waals surface area contributed by atoms with Gasteiger partial charge >= 0.3 is 12.4 Å². The second-order valence-corrected chi connectivity index (χ2v) is 6.86. The fourth-order valence-corrected chi connectivity index (χ4v) is 3.07. The first-order valence-corrected chi connectivity index (χ1v) is 8.64. The van der Waals surface area contributed by atoms with Crippen molar-refractivity contribution in [1.82, 2.24) is 10.3 Å². The number of aliphatic hydroxyl groups is 1. The highest BCUT2D eigenvalue weighted by molar-refractivity contribution is 9.10. The zero-order chi connectivity index (χ0) is 20.4. The predicted molar refractivity (Wildman–Crippen MR) is 84.2 cm³/mol. The van der Waals surface area contributed by atoms with Crippen molar-refractivity contribution >= 4 is 21.8 Å². The zero-order valence-corrected chi connectivity index (χ0v) is 15.2. The summed E-state index contributed by atoms with van der Waals surface area (Å²) >= 11 is 2.77. The summed E-state index contributed by atoms with van der Waals surface area (Å²) in [6.45, 7) is -1.84. The minimum Gasteiger partial charge on any atom is -0.467 e. The van der Waals surface area contributed by atoms with E-state index in [-0.39, 0.29) is 4.47 Å². The standard InChI is InChI=1S/C15H15BrF6N2O3/c16-8-5-7(12(26)23-9-3-1-2-4-10(9)25)11(15(20,21)22)24-13(8)27-6-14(17,18)19/h5,9-10,25H,1-4,6H2,(H,23,26)/t9-,10-/m1/s1. The van der Waals surface area contributed by atoms with E-state index in [0.717, 1.165) is 6.42 Å². The highest BCUT2D eigenvalue weighted by Gasteiger charge is 2.40. The Bertz CT molecular complexity index is 695. The molecule has 152 valence electrons. The Kier molecular flexibility index (Phi) is 6.61. The second kappa shape index (κ2) is 8.21. The molecule has 1 saturated carbocycles. The number of aromatic nitrogens is 1. The third-order valence-electron chi connectivity index (χ3n) is 3.88. The number of aliphatic hydroxyl groups excluding tert-OH is 1. The number of nitrogens with zero attached hydrogens (tertiary/aromatic N) is 1. The number of amides is 1. The van der Waals surface area contributed by atoms with Gasteiger partial charge in [0.05, 0.1) is 22.2 Å². The third-order valence-corrected chi connectivity index (χ3v) is 4.44. The summed E-state index contributed by atoms with van der Waals surface area (Å²) in [6.07, 6.45) is -8.52. The molecular weight excluding hydrogens is 450 g/mol. The Morgan fingerprint density at radius 1 is 1.26 bits per heavy atom. The van der Waals surface area contributed by atoms with Crippen LogP contribution >= 0.6 is 15.9 Å². The SMILES string of the molecule is O=C(N[C@@H]1CCCC[C@H]1O)c1cc(Br)c(OCC(F)(F)F)nc1C(F)(F)F. The van der Waals surface area contributed by atoms with E-state index in [0.29, 0.717) is 25.3 Å². The number of alkyl halides is 6. The average Bonchev–Trinajstić information content (AvgIpc) is 2.53. The monoisotopic (exact) mass is 464 g/mol. The molecule has 0 aromatic carbocycles. The summed E-state index contributed by atoms with van der Waals surface area (Å²) in [6, 6.07) is -0.0150. The molecule has 12 heteroatoms. The minimum atomic E-state index is -5.10. The predicted octanol–water partition coefficient (Wildman–Crippen LogP) is 3.84. The average molecular weight is 465 g/mol. The molecule has 2 N–H and O–H groups in total. The Balaban J connectivity index is 2.31. The number of hydrogen-bond donors (Lipinski definition) is 2. The molecule has 1 fully saturated rings. The van der Waals surface area contributed by atoms with Crippen LogP contribution in [-0.4, -0.2) is 40.9 Å². The molecule has 2 rings (SSSR count). The van der Waals surface area contributed by atoms with Crippen LogP contribution in [0.3, 0.4) is 0 Å². The van der Waals surface area contributed by atoms with Gasteiger partial charge in [0.25, 0.3) is 5.91 Å². The molecule has 0 spiro atoms. The maximum absolute atomic E-state index is 13.3. The van der Waals surface area contributed by atoms with Gasteiger partial charge in [0.2, 0.25) is 5.88 Å². The molecule has 1 amide bonds. The van der Waals surface area contributed by atoms with Gasteiger partial charge in [-0.05, 0) is 34.8 Å². The molecule has 1 heterocycles. The van der Waals surface area contributed by atoms with E-state index in [1.165, 1.54) is 0 Å². The summed E-state index contributed by atoms with van der Waals surface area (Å²) in [7, 11) is 0. The number of ether oxygens (including phenoxy) is 1. The van der Waals surface area contributed by atoms with Crippen LogP contribution in [0.25, 0.3) is 0 Å². The Hall–Kier alpha value is -1.56. The van der Waals surface area contributed by atoms with Crippen LogP contribution in [0.4, 0.5) is 26.3 Å².